The smallest absolute Gasteiger partial charge is 0.343 e. The fourth-order valence-electron chi connectivity index (χ4n) is 3.19. The molecule has 0 amide bonds. The quantitative estimate of drug-likeness (QED) is 0.268. The van der Waals surface area contributed by atoms with E-state index in [9.17, 15) is 4.79 Å². The van der Waals surface area contributed by atoms with E-state index in [1.165, 1.54) is 7.11 Å². The van der Waals surface area contributed by atoms with Crippen molar-refractivity contribution in [3.05, 3.63) is 71.5 Å². The zero-order chi connectivity index (χ0) is 24.3. The molecule has 0 spiro atoms. The summed E-state index contributed by atoms with van der Waals surface area (Å²) in [6, 6.07) is 14.2. The minimum absolute atomic E-state index is 0.275. The van der Waals surface area contributed by atoms with Crippen molar-refractivity contribution in [2.75, 3.05) is 26.9 Å². The summed E-state index contributed by atoms with van der Waals surface area (Å²) in [6.45, 7) is 6.83. The van der Waals surface area contributed by atoms with Gasteiger partial charge in [-0.2, -0.15) is 0 Å². The van der Waals surface area contributed by atoms with Crippen LogP contribution >= 0.6 is 0 Å². The normalized spacial score (nSPS) is 10.7. The molecule has 178 valence electrons. The molecule has 0 bridgehead atoms. The third-order valence-electron chi connectivity index (χ3n) is 4.67. The first kappa shape index (κ1) is 24.6. The van der Waals surface area contributed by atoms with Gasteiger partial charge in [-0.1, -0.05) is 18.2 Å². The number of nitrogens with zero attached hydrogens (tertiary/aromatic N) is 1. The lowest BCUT2D eigenvalue weighted by Crippen LogP contribution is -2.11. The molecule has 34 heavy (non-hydrogen) atoms. The fourth-order valence-corrected chi connectivity index (χ4v) is 3.19. The van der Waals surface area contributed by atoms with Crippen molar-refractivity contribution in [2.24, 2.45) is 0 Å². The Morgan fingerprint density at radius 2 is 1.53 bits per heavy atom. The van der Waals surface area contributed by atoms with Crippen LogP contribution in [-0.2, 0) is 0 Å². The highest BCUT2D eigenvalue weighted by Gasteiger charge is 2.20. The maximum Gasteiger partial charge on any atom is 0.343 e. The summed E-state index contributed by atoms with van der Waals surface area (Å²) in [4.78, 5) is 17.3. The predicted molar refractivity (Wildman–Crippen MR) is 131 cm³/mol. The molecule has 3 rings (SSSR count). The second-order valence-electron chi connectivity index (χ2n) is 6.99. The number of carbonyl (C=O) groups is 1. The van der Waals surface area contributed by atoms with Gasteiger partial charge < -0.3 is 23.7 Å². The minimum Gasteiger partial charge on any atom is -0.493 e. The number of methoxy groups -OCH3 is 1. The van der Waals surface area contributed by atoms with Gasteiger partial charge in [-0.05, 0) is 68.8 Å². The first-order valence-corrected chi connectivity index (χ1v) is 11.1. The van der Waals surface area contributed by atoms with Crippen LogP contribution in [0.25, 0.3) is 12.2 Å². The number of esters is 1. The molecular formula is C27H29NO6. The molecular weight excluding hydrogens is 434 g/mol. The van der Waals surface area contributed by atoms with Gasteiger partial charge in [-0.15, -0.1) is 0 Å². The van der Waals surface area contributed by atoms with E-state index < -0.39 is 5.97 Å². The molecule has 3 aromatic rings. The highest BCUT2D eigenvalue weighted by atomic mass is 16.6. The Morgan fingerprint density at radius 1 is 0.824 bits per heavy atom. The van der Waals surface area contributed by atoms with Gasteiger partial charge in [0.1, 0.15) is 0 Å². The van der Waals surface area contributed by atoms with Gasteiger partial charge in [0.2, 0.25) is 5.75 Å². The van der Waals surface area contributed by atoms with Gasteiger partial charge in [0.05, 0.1) is 38.2 Å². The van der Waals surface area contributed by atoms with Crippen molar-refractivity contribution < 1.29 is 28.5 Å². The van der Waals surface area contributed by atoms with Crippen LogP contribution in [0.4, 0.5) is 0 Å². The van der Waals surface area contributed by atoms with Crippen molar-refractivity contribution >= 4 is 18.1 Å². The highest BCUT2D eigenvalue weighted by molar-refractivity contribution is 5.93. The lowest BCUT2D eigenvalue weighted by atomic mass is 10.1. The van der Waals surface area contributed by atoms with E-state index >= 15 is 0 Å². The van der Waals surface area contributed by atoms with Gasteiger partial charge in [0.25, 0.3) is 0 Å². The van der Waals surface area contributed by atoms with Crippen molar-refractivity contribution in [1.82, 2.24) is 4.98 Å². The number of hydrogen-bond acceptors (Lipinski definition) is 7. The Kier molecular flexibility index (Phi) is 8.91. The summed E-state index contributed by atoms with van der Waals surface area (Å²) in [7, 11) is 1.52. The number of aromatic nitrogens is 1. The second-order valence-corrected chi connectivity index (χ2v) is 6.99. The van der Waals surface area contributed by atoms with E-state index in [4.69, 9.17) is 23.7 Å². The van der Waals surface area contributed by atoms with Gasteiger partial charge >= 0.3 is 5.97 Å². The molecule has 1 aromatic heterocycles. The molecule has 0 radical (unpaired) electrons. The first-order valence-electron chi connectivity index (χ1n) is 11.1. The summed E-state index contributed by atoms with van der Waals surface area (Å²) in [5, 5.41) is 0. The van der Waals surface area contributed by atoms with E-state index in [0.717, 1.165) is 11.3 Å². The topological polar surface area (TPSA) is 76.1 Å². The standard InChI is InChI=1S/C27H29NO6/c1-5-31-24-17-20(18-25(32-6-2)26(24)33-7-3)27(29)34-22-14-12-19(16-23(22)30-4)11-13-21-10-8-9-15-28-21/h8-18H,5-7H2,1-4H3/b13-11+. The number of pyridine rings is 1. The SMILES string of the molecule is CCOc1cc(C(=O)Oc2ccc(/C=C/c3ccccn3)cc2OC)cc(OCC)c1OCC. The molecule has 0 N–H and O–H groups in total. The minimum atomic E-state index is -0.569. The Balaban J connectivity index is 1.86. The molecule has 0 saturated carbocycles. The van der Waals surface area contributed by atoms with E-state index in [2.05, 4.69) is 4.98 Å². The third-order valence-corrected chi connectivity index (χ3v) is 4.67. The Hall–Kier alpha value is -4.00. The van der Waals surface area contributed by atoms with E-state index in [-0.39, 0.29) is 5.56 Å². The molecule has 7 nitrogen and oxygen atoms in total. The molecule has 0 aliphatic heterocycles. The number of carbonyl (C=O) groups excluding carboxylic acids is 1. The van der Waals surface area contributed by atoms with Gasteiger partial charge in [-0.25, -0.2) is 4.79 Å². The summed E-state index contributed by atoms with van der Waals surface area (Å²) in [5.74, 6) is 1.46. The largest absolute Gasteiger partial charge is 0.493 e. The number of rotatable bonds is 11. The molecule has 7 heteroatoms. The predicted octanol–water partition coefficient (Wildman–Crippen LogP) is 5.68. The maximum absolute atomic E-state index is 13.0. The van der Waals surface area contributed by atoms with E-state index in [0.29, 0.717) is 48.6 Å². The molecule has 0 unspecified atom stereocenters. The second kappa shape index (κ2) is 12.3. The molecule has 0 aliphatic carbocycles. The average Bonchev–Trinajstić information content (AvgIpc) is 2.86. The summed E-state index contributed by atoms with van der Waals surface area (Å²) < 4.78 is 28.2. The highest BCUT2D eigenvalue weighted by Crippen LogP contribution is 2.39. The molecule has 0 aliphatic rings. The van der Waals surface area contributed by atoms with E-state index in [1.807, 2.05) is 57.2 Å². The third kappa shape index (κ3) is 6.28. The Bertz CT molecular complexity index is 1100. The van der Waals surface area contributed by atoms with Crippen molar-refractivity contribution in [3.8, 4) is 28.7 Å². The molecule has 2 aromatic carbocycles. The molecule has 1 heterocycles. The maximum atomic E-state index is 13.0. The Labute approximate surface area is 199 Å². The van der Waals surface area contributed by atoms with Crippen LogP contribution in [0.2, 0.25) is 0 Å². The Morgan fingerprint density at radius 3 is 2.12 bits per heavy atom. The lowest BCUT2D eigenvalue weighted by molar-refractivity contribution is 0.0728. The summed E-state index contributed by atoms with van der Waals surface area (Å²) >= 11 is 0. The first-order chi connectivity index (χ1) is 16.6. The van der Waals surface area contributed by atoms with Crippen LogP contribution in [0, 0.1) is 0 Å². The zero-order valence-corrected chi connectivity index (χ0v) is 19.9. The summed E-state index contributed by atoms with van der Waals surface area (Å²) in [6.07, 6.45) is 5.54. The number of hydrogen-bond donors (Lipinski definition) is 0. The van der Waals surface area contributed by atoms with Crippen molar-refractivity contribution in [2.45, 2.75) is 20.8 Å². The van der Waals surface area contributed by atoms with Gasteiger partial charge in [0.15, 0.2) is 23.0 Å². The lowest BCUT2D eigenvalue weighted by Gasteiger charge is -2.17. The summed E-state index contributed by atoms with van der Waals surface area (Å²) in [5.41, 5.74) is 1.99. The molecule has 0 atom stereocenters. The van der Waals surface area contributed by atoms with Gasteiger partial charge in [0, 0.05) is 6.20 Å². The van der Waals surface area contributed by atoms with Gasteiger partial charge in [-0.3, -0.25) is 4.98 Å². The number of benzene rings is 2. The number of ether oxygens (including phenoxy) is 5. The molecule has 0 saturated heterocycles. The average molecular weight is 464 g/mol. The zero-order valence-electron chi connectivity index (χ0n) is 19.9. The van der Waals surface area contributed by atoms with Crippen molar-refractivity contribution in [3.63, 3.8) is 0 Å². The molecule has 0 fully saturated rings. The monoisotopic (exact) mass is 463 g/mol. The van der Waals surface area contributed by atoms with Crippen LogP contribution in [0.5, 0.6) is 28.7 Å². The fraction of sp³-hybridized carbons (Fsp3) is 0.259. The van der Waals surface area contributed by atoms with Crippen LogP contribution in [0.1, 0.15) is 42.4 Å². The van der Waals surface area contributed by atoms with Crippen LogP contribution in [0.3, 0.4) is 0 Å². The van der Waals surface area contributed by atoms with E-state index in [1.54, 1.807) is 30.5 Å². The van der Waals surface area contributed by atoms with Crippen LogP contribution in [-0.4, -0.2) is 37.9 Å². The van der Waals surface area contributed by atoms with Crippen LogP contribution < -0.4 is 23.7 Å². The van der Waals surface area contributed by atoms with Crippen LogP contribution in [0.15, 0.2) is 54.7 Å². The van der Waals surface area contributed by atoms with Crippen molar-refractivity contribution in [1.29, 1.82) is 0 Å².